The van der Waals surface area contributed by atoms with Crippen LogP contribution in [0.15, 0.2) is 24.4 Å². The topological polar surface area (TPSA) is 88.5 Å². The van der Waals surface area contributed by atoms with E-state index in [1.807, 2.05) is 6.92 Å². The highest BCUT2D eigenvalue weighted by Gasteiger charge is 2.01. The standard InChI is InChI=1S/C13H16N2O4/c1-2-7-14-12(16)9-19-11-5-3-10(15-8-11)4-6-13(17)18/h3-6,8H,2,7,9H2,1H3,(H,14,16)(H,17,18). The van der Waals surface area contributed by atoms with Crippen LogP contribution in [0.3, 0.4) is 0 Å². The quantitative estimate of drug-likeness (QED) is 0.719. The van der Waals surface area contributed by atoms with Crippen LogP contribution in [0.1, 0.15) is 19.0 Å². The number of hydrogen-bond donors (Lipinski definition) is 2. The number of nitrogens with zero attached hydrogens (tertiary/aromatic N) is 1. The van der Waals surface area contributed by atoms with E-state index in [-0.39, 0.29) is 12.5 Å². The first-order valence-electron chi connectivity index (χ1n) is 5.88. The Hall–Kier alpha value is -2.37. The molecule has 19 heavy (non-hydrogen) atoms. The predicted octanol–water partition coefficient (Wildman–Crippen LogP) is 1.08. The summed E-state index contributed by atoms with van der Waals surface area (Å²) >= 11 is 0. The van der Waals surface area contributed by atoms with Crippen LogP contribution in [0, 0.1) is 0 Å². The van der Waals surface area contributed by atoms with E-state index in [1.54, 1.807) is 12.1 Å². The molecule has 0 unspecified atom stereocenters. The Kier molecular flexibility index (Phi) is 6.08. The highest BCUT2D eigenvalue weighted by molar-refractivity contribution is 5.84. The van der Waals surface area contributed by atoms with Crippen LogP contribution in [-0.2, 0) is 9.59 Å². The van der Waals surface area contributed by atoms with Gasteiger partial charge in [0.2, 0.25) is 0 Å². The summed E-state index contributed by atoms with van der Waals surface area (Å²) in [5.41, 5.74) is 0.505. The maximum absolute atomic E-state index is 11.3. The zero-order valence-electron chi connectivity index (χ0n) is 10.6. The van der Waals surface area contributed by atoms with Gasteiger partial charge >= 0.3 is 5.97 Å². The van der Waals surface area contributed by atoms with Crippen LogP contribution in [0.5, 0.6) is 5.75 Å². The van der Waals surface area contributed by atoms with Gasteiger partial charge in [-0.25, -0.2) is 4.79 Å². The SMILES string of the molecule is CCCNC(=O)COc1ccc(C=CC(=O)O)nc1. The largest absolute Gasteiger partial charge is 0.482 e. The van der Waals surface area contributed by atoms with E-state index in [0.29, 0.717) is 18.0 Å². The number of amides is 1. The fraction of sp³-hybridized carbons (Fsp3) is 0.308. The Bertz CT molecular complexity index is 454. The molecule has 1 aromatic rings. The lowest BCUT2D eigenvalue weighted by Crippen LogP contribution is -2.29. The molecule has 0 saturated heterocycles. The van der Waals surface area contributed by atoms with E-state index in [2.05, 4.69) is 10.3 Å². The second-order valence-corrected chi connectivity index (χ2v) is 3.73. The average Bonchev–Trinajstić information content (AvgIpc) is 2.41. The van der Waals surface area contributed by atoms with E-state index in [1.165, 1.54) is 12.3 Å². The second kappa shape index (κ2) is 7.86. The Morgan fingerprint density at radius 1 is 1.47 bits per heavy atom. The Morgan fingerprint density at radius 3 is 2.84 bits per heavy atom. The van der Waals surface area contributed by atoms with Crippen molar-refractivity contribution in [3.05, 3.63) is 30.1 Å². The summed E-state index contributed by atoms with van der Waals surface area (Å²) in [6, 6.07) is 3.24. The molecule has 0 aliphatic carbocycles. The third-order valence-corrected chi connectivity index (χ3v) is 2.10. The Balaban J connectivity index is 2.44. The molecule has 0 fully saturated rings. The number of carboxylic acid groups (broad SMARTS) is 1. The fourth-order valence-electron chi connectivity index (χ4n) is 1.20. The summed E-state index contributed by atoms with van der Waals surface area (Å²) < 4.78 is 5.23. The zero-order valence-corrected chi connectivity index (χ0v) is 10.6. The van der Waals surface area contributed by atoms with Gasteiger partial charge in [0.1, 0.15) is 5.75 Å². The molecule has 0 aliphatic heterocycles. The maximum atomic E-state index is 11.3. The average molecular weight is 264 g/mol. The Labute approximate surface area is 111 Å². The first-order chi connectivity index (χ1) is 9.11. The molecule has 1 amide bonds. The number of nitrogens with one attached hydrogen (secondary N) is 1. The number of carboxylic acids is 1. The van der Waals surface area contributed by atoms with Crippen LogP contribution >= 0.6 is 0 Å². The summed E-state index contributed by atoms with van der Waals surface area (Å²) in [6.07, 6.45) is 4.69. The minimum Gasteiger partial charge on any atom is -0.482 e. The zero-order chi connectivity index (χ0) is 14.1. The lowest BCUT2D eigenvalue weighted by Gasteiger charge is -2.06. The van der Waals surface area contributed by atoms with Crippen LogP contribution in [0.2, 0.25) is 0 Å². The summed E-state index contributed by atoms with van der Waals surface area (Å²) in [7, 11) is 0. The molecule has 6 nitrogen and oxygen atoms in total. The summed E-state index contributed by atoms with van der Waals surface area (Å²) in [5, 5.41) is 11.1. The molecule has 2 N–H and O–H groups in total. The summed E-state index contributed by atoms with van der Waals surface area (Å²) in [4.78, 5) is 25.6. The van der Waals surface area contributed by atoms with Gasteiger partial charge in [-0.3, -0.25) is 9.78 Å². The van der Waals surface area contributed by atoms with Gasteiger partial charge in [0, 0.05) is 12.6 Å². The first-order valence-corrected chi connectivity index (χ1v) is 5.88. The molecule has 0 aliphatic rings. The van der Waals surface area contributed by atoms with Gasteiger partial charge in [-0.2, -0.15) is 0 Å². The number of carbonyl (C=O) groups is 2. The van der Waals surface area contributed by atoms with Crippen LogP contribution < -0.4 is 10.1 Å². The normalized spacial score (nSPS) is 10.4. The monoisotopic (exact) mass is 264 g/mol. The van der Waals surface area contributed by atoms with Crippen LogP contribution in [0.4, 0.5) is 0 Å². The summed E-state index contributed by atoms with van der Waals surface area (Å²) in [6.45, 7) is 2.53. The van der Waals surface area contributed by atoms with Crippen molar-refractivity contribution in [2.45, 2.75) is 13.3 Å². The molecule has 0 bridgehead atoms. The number of pyridine rings is 1. The van der Waals surface area contributed by atoms with Crippen molar-refractivity contribution in [1.29, 1.82) is 0 Å². The van der Waals surface area contributed by atoms with Crippen molar-refractivity contribution >= 4 is 18.0 Å². The predicted molar refractivity (Wildman–Crippen MR) is 69.7 cm³/mol. The van der Waals surface area contributed by atoms with E-state index in [0.717, 1.165) is 12.5 Å². The molecule has 1 aromatic heterocycles. The highest BCUT2D eigenvalue weighted by atomic mass is 16.5. The number of aromatic nitrogens is 1. The van der Waals surface area contributed by atoms with Gasteiger partial charge in [0.05, 0.1) is 11.9 Å². The number of carbonyl (C=O) groups excluding carboxylic acids is 1. The van der Waals surface area contributed by atoms with Gasteiger partial charge in [-0.15, -0.1) is 0 Å². The van der Waals surface area contributed by atoms with E-state index in [9.17, 15) is 9.59 Å². The smallest absolute Gasteiger partial charge is 0.328 e. The van der Waals surface area contributed by atoms with Crippen molar-refractivity contribution < 1.29 is 19.4 Å². The van der Waals surface area contributed by atoms with Crippen LogP contribution in [-0.4, -0.2) is 35.1 Å². The van der Waals surface area contributed by atoms with Gasteiger partial charge in [0.25, 0.3) is 5.91 Å². The number of hydrogen-bond acceptors (Lipinski definition) is 4. The molecule has 0 radical (unpaired) electrons. The lowest BCUT2D eigenvalue weighted by atomic mass is 10.3. The van der Waals surface area contributed by atoms with Crippen molar-refractivity contribution in [1.82, 2.24) is 10.3 Å². The van der Waals surface area contributed by atoms with Gasteiger partial charge in [-0.05, 0) is 24.6 Å². The third-order valence-electron chi connectivity index (χ3n) is 2.10. The van der Waals surface area contributed by atoms with Gasteiger partial charge in [-0.1, -0.05) is 6.92 Å². The number of ether oxygens (including phenoxy) is 1. The minimum absolute atomic E-state index is 0.0635. The van der Waals surface area contributed by atoms with Crippen molar-refractivity contribution in [2.75, 3.05) is 13.2 Å². The van der Waals surface area contributed by atoms with Crippen molar-refractivity contribution in [2.24, 2.45) is 0 Å². The Morgan fingerprint density at radius 2 is 2.26 bits per heavy atom. The van der Waals surface area contributed by atoms with E-state index >= 15 is 0 Å². The van der Waals surface area contributed by atoms with Crippen LogP contribution in [0.25, 0.3) is 6.08 Å². The molecular formula is C13H16N2O4. The van der Waals surface area contributed by atoms with Gasteiger partial charge in [0.15, 0.2) is 6.61 Å². The van der Waals surface area contributed by atoms with Gasteiger partial charge < -0.3 is 15.2 Å². The maximum Gasteiger partial charge on any atom is 0.328 e. The highest BCUT2D eigenvalue weighted by Crippen LogP contribution is 2.09. The first kappa shape index (κ1) is 14.7. The minimum atomic E-state index is -1.03. The van der Waals surface area contributed by atoms with Crippen molar-refractivity contribution in [3.8, 4) is 5.75 Å². The fourth-order valence-corrected chi connectivity index (χ4v) is 1.20. The second-order valence-electron chi connectivity index (χ2n) is 3.73. The molecule has 6 heteroatoms. The van der Waals surface area contributed by atoms with E-state index < -0.39 is 5.97 Å². The lowest BCUT2D eigenvalue weighted by molar-refractivity contribution is -0.131. The molecule has 0 atom stereocenters. The number of aliphatic carboxylic acids is 1. The van der Waals surface area contributed by atoms with E-state index in [4.69, 9.17) is 9.84 Å². The molecular weight excluding hydrogens is 248 g/mol. The molecule has 1 rings (SSSR count). The molecule has 0 aromatic carbocycles. The molecule has 1 heterocycles. The molecule has 0 saturated carbocycles. The molecule has 0 spiro atoms. The number of rotatable bonds is 7. The molecule has 102 valence electrons. The van der Waals surface area contributed by atoms with Crippen molar-refractivity contribution in [3.63, 3.8) is 0 Å². The summed E-state index contributed by atoms with van der Waals surface area (Å²) in [5.74, 6) is -0.759. The third kappa shape index (κ3) is 6.21.